The summed E-state index contributed by atoms with van der Waals surface area (Å²) >= 11 is 6.44. The van der Waals surface area contributed by atoms with Crippen LogP contribution in [0, 0.1) is 0 Å². The van der Waals surface area contributed by atoms with Gasteiger partial charge in [0.2, 0.25) is 0 Å². The molecule has 0 atom stereocenters. The normalized spacial score (nSPS) is 10.8. The molecule has 1 aromatic heterocycles. The third-order valence-electron chi connectivity index (χ3n) is 3.34. The zero-order chi connectivity index (χ0) is 15.4. The first kappa shape index (κ1) is 15.6. The molecule has 0 unspecified atom stereocenters. The van der Waals surface area contributed by atoms with Crippen molar-refractivity contribution in [2.24, 2.45) is 0 Å². The summed E-state index contributed by atoms with van der Waals surface area (Å²) in [6.07, 6.45) is 3.02. The second kappa shape index (κ2) is 6.76. The smallest absolute Gasteiger partial charge is 0.343 e. The van der Waals surface area contributed by atoms with E-state index in [0.29, 0.717) is 10.5 Å². The number of nitrogens with two attached hydrogens (primary N) is 1. The molecule has 2 aromatic rings. The van der Waals surface area contributed by atoms with Crippen LogP contribution in [0.25, 0.3) is 10.9 Å². The van der Waals surface area contributed by atoms with Gasteiger partial charge in [-0.15, -0.1) is 0 Å². The number of halogens is 1. The number of hydrogen-bond acceptors (Lipinski definition) is 4. The Morgan fingerprint density at radius 1 is 1.38 bits per heavy atom. The molecule has 0 radical (unpaired) electrons. The van der Waals surface area contributed by atoms with Gasteiger partial charge < -0.3 is 10.5 Å². The summed E-state index contributed by atoms with van der Waals surface area (Å²) in [5.41, 5.74) is 7.82. The Balaban J connectivity index is 2.64. The second-order valence-corrected chi connectivity index (χ2v) is 5.20. The van der Waals surface area contributed by atoms with Crippen LogP contribution in [-0.4, -0.2) is 17.6 Å². The highest BCUT2D eigenvalue weighted by Crippen LogP contribution is 2.33. The molecule has 0 saturated heterocycles. The fourth-order valence-electron chi connectivity index (χ4n) is 2.33. The van der Waals surface area contributed by atoms with Crippen molar-refractivity contribution < 1.29 is 9.53 Å². The Morgan fingerprint density at radius 3 is 2.81 bits per heavy atom. The molecule has 0 bridgehead atoms. The molecule has 2 rings (SSSR count). The topological polar surface area (TPSA) is 65.2 Å². The van der Waals surface area contributed by atoms with Crippen LogP contribution >= 0.6 is 11.6 Å². The molecule has 0 aliphatic carbocycles. The second-order valence-electron chi connectivity index (χ2n) is 4.82. The number of ether oxygens (including phenoxy) is 1. The highest BCUT2D eigenvalue weighted by molar-refractivity contribution is 6.39. The molecule has 0 saturated carbocycles. The number of hydrogen-bond donors (Lipinski definition) is 1. The first-order chi connectivity index (χ1) is 10.1. The summed E-state index contributed by atoms with van der Waals surface area (Å²) in [7, 11) is 0. The Kier molecular flexibility index (Phi) is 5.02. The van der Waals surface area contributed by atoms with Crippen molar-refractivity contribution in [1.82, 2.24) is 4.98 Å². The van der Waals surface area contributed by atoms with Crippen LogP contribution in [0.2, 0.25) is 5.02 Å². The fourth-order valence-corrected chi connectivity index (χ4v) is 2.72. The molecule has 0 spiro atoms. The minimum absolute atomic E-state index is 0.110. The molecule has 2 N–H and O–H groups in total. The standard InChI is InChI=1S/C16H19ClN2O2/c1-3-5-7-10-8-6-9-11-12(10)14(17)13(15(18)19-11)16(20)21-4-2/h6,8-9H,3-5,7H2,1-2H3,(H2,18,19). The maximum absolute atomic E-state index is 12.0. The van der Waals surface area contributed by atoms with Gasteiger partial charge in [0.15, 0.2) is 0 Å². The molecule has 4 nitrogen and oxygen atoms in total. The Morgan fingerprint density at radius 2 is 2.14 bits per heavy atom. The molecule has 0 aliphatic rings. The fraction of sp³-hybridized carbons (Fsp3) is 0.375. The van der Waals surface area contributed by atoms with Gasteiger partial charge in [-0.2, -0.15) is 0 Å². The van der Waals surface area contributed by atoms with E-state index in [1.165, 1.54) is 0 Å². The number of anilines is 1. The maximum atomic E-state index is 12.0. The maximum Gasteiger partial charge on any atom is 0.343 e. The van der Waals surface area contributed by atoms with Gasteiger partial charge in [0.25, 0.3) is 0 Å². The quantitative estimate of drug-likeness (QED) is 0.848. The number of nitrogen functional groups attached to an aromatic ring is 1. The monoisotopic (exact) mass is 306 g/mol. The lowest BCUT2D eigenvalue weighted by Gasteiger charge is -2.12. The molecule has 21 heavy (non-hydrogen) atoms. The average Bonchev–Trinajstić information content (AvgIpc) is 2.44. The molecule has 1 heterocycles. The van der Waals surface area contributed by atoms with E-state index in [-0.39, 0.29) is 18.0 Å². The molecule has 0 aliphatic heterocycles. The van der Waals surface area contributed by atoms with Crippen LogP contribution < -0.4 is 5.73 Å². The summed E-state index contributed by atoms with van der Waals surface area (Å²) in [5.74, 6) is -0.418. The number of benzene rings is 1. The van der Waals surface area contributed by atoms with Gasteiger partial charge in [0.1, 0.15) is 11.4 Å². The average molecular weight is 307 g/mol. The number of aromatic nitrogens is 1. The number of rotatable bonds is 5. The Bertz CT molecular complexity index is 671. The van der Waals surface area contributed by atoms with Crippen LogP contribution in [0.15, 0.2) is 18.2 Å². The number of pyridine rings is 1. The van der Waals surface area contributed by atoms with Gasteiger partial charge in [-0.3, -0.25) is 0 Å². The van der Waals surface area contributed by atoms with E-state index in [1.54, 1.807) is 6.92 Å². The number of fused-ring (bicyclic) bond motifs is 1. The lowest BCUT2D eigenvalue weighted by Crippen LogP contribution is -2.11. The van der Waals surface area contributed by atoms with Crippen molar-refractivity contribution in [3.8, 4) is 0 Å². The van der Waals surface area contributed by atoms with Crippen LogP contribution in [-0.2, 0) is 11.2 Å². The molecular formula is C16H19ClN2O2. The van der Waals surface area contributed by atoms with E-state index in [0.717, 1.165) is 30.2 Å². The van der Waals surface area contributed by atoms with Crippen molar-refractivity contribution in [2.75, 3.05) is 12.3 Å². The van der Waals surface area contributed by atoms with E-state index in [4.69, 9.17) is 22.1 Å². The van der Waals surface area contributed by atoms with E-state index >= 15 is 0 Å². The lowest BCUT2D eigenvalue weighted by molar-refractivity contribution is 0.0527. The minimum Gasteiger partial charge on any atom is -0.462 e. The highest BCUT2D eigenvalue weighted by Gasteiger charge is 2.21. The van der Waals surface area contributed by atoms with E-state index in [9.17, 15) is 4.79 Å². The van der Waals surface area contributed by atoms with Gasteiger partial charge in [-0.1, -0.05) is 37.1 Å². The number of unbranched alkanes of at least 4 members (excludes halogenated alkanes) is 1. The van der Waals surface area contributed by atoms with E-state index < -0.39 is 5.97 Å². The SMILES string of the molecule is CCCCc1cccc2nc(N)c(C(=O)OCC)c(Cl)c12. The zero-order valence-corrected chi connectivity index (χ0v) is 13.0. The van der Waals surface area contributed by atoms with Crippen LogP contribution in [0.4, 0.5) is 5.82 Å². The number of carbonyl (C=O) groups excluding carboxylic acids is 1. The van der Waals surface area contributed by atoms with E-state index in [2.05, 4.69) is 11.9 Å². The van der Waals surface area contributed by atoms with E-state index in [1.807, 2.05) is 18.2 Å². The number of esters is 1. The van der Waals surface area contributed by atoms with Crippen LogP contribution in [0.5, 0.6) is 0 Å². The van der Waals surface area contributed by atoms with Crippen molar-refractivity contribution >= 4 is 34.3 Å². The van der Waals surface area contributed by atoms with Crippen molar-refractivity contribution in [3.63, 3.8) is 0 Å². The number of nitrogens with zero attached hydrogens (tertiary/aromatic N) is 1. The largest absolute Gasteiger partial charge is 0.462 e. The predicted octanol–water partition coefficient (Wildman–Crippen LogP) is 3.99. The molecule has 1 aromatic carbocycles. The van der Waals surface area contributed by atoms with Gasteiger partial charge >= 0.3 is 5.97 Å². The van der Waals surface area contributed by atoms with Crippen LogP contribution in [0.1, 0.15) is 42.6 Å². The summed E-state index contributed by atoms with van der Waals surface area (Å²) in [4.78, 5) is 16.3. The number of aryl methyl sites for hydroxylation is 1. The number of carbonyl (C=O) groups is 1. The third kappa shape index (κ3) is 3.10. The van der Waals surface area contributed by atoms with Gasteiger partial charge in [-0.05, 0) is 31.4 Å². The zero-order valence-electron chi connectivity index (χ0n) is 12.3. The van der Waals surface area contributed by atoms with Crippen LogP contribution in [0.3, 0.4) is 0 Å². The molecule has 112 valence electrons. The predicted molar refractivity (Wildman–Crippen MR) is 85.7 cm³/mol. The third-order valence-corrected chi connectivity index (χ3v) is 3.72. The summed E-state index contributed by atoms with van der Waals surface area (Å²) in [5, 5.41) is 1.13. The first-order valence-electron chi connectivity index (χ1n) is 7.13. The molecular weight excluding hydrogens is 288 g/mol. The lowest BCUT2D eigenvalue weighted by atomic mass is 10.0. The van der Waals surface area contributed by atoms with Gasteiger partial charge in [-0.25, -0.2) is 9.78 Å². The van der Waals surface area contributed by atoms with Crippen molar-refractivity contribution in [2.45, 2.75) is 33.1 Å². The van der Waals surface area contributed by atoms with Gasteiger partial charge in [0, 0.05) is 5.39 Å². The molecule has 0 amide bonds. The van der Waals surface area contributed by atoms with Crippen molar-refractivity contribution in [1.29, 1.82) is 0 Å². The Labute approximate surface area is 129 Å². The highest BCUT2D eigenvalue weighted by atomic mass is 35.5. The molecule has 0 fully saturated rings. The molecule has 5 heteroatoms. The first-order valence-corrected chi connectivity index (χ1v) is 7.51. The van der Waals surface area contributed by atoms with Crippen molar-refractivity contribution in [3.05, 3.63) is 34.3 Å². The summed E-state index contributed by atoms with van der Waals surface area (Å²) < 4.78 is 5.02. The summed E-state index contributed by atoms with van der Waals surface area (Å²) in [6, 6.07) is 5.79. The summed E-state index contributed by atoms with van der Waals surface area (Å²) in [6.45, 7) is 4.14. The Hall–Kier alpha value is -1.81. The van der Waals surface area contributed by atoms with Gasteiger partial charge in [0.05, 0.1) is 17.1 Å². The minimum atomic E-state index is -0.528.